The second-order valence-corrected chi connectivity index (χ2v) is 16.7. The van der Waals surface area contributed by atoms with Crippen molar-refractivity contribution in [3.05, 3.63) is 133 Å². The lowest BCUT2D eigenvalue weighted by Crippen LogP contribution is -1.79. The molecule has 0 unspecified atom stereocenters. The predicted molar refractivity (Wildman–Crippen MR) is 220 cm³/mol. The van der Waals surface area contributed by atoms with Gasteiger partial charge in [-0.1, -0.05) is 72.8 Å². The van der Waals surface area contributed by atoms with E-state index in [-0.39, 0.29) is 0 Å². The monoisotopic (exact) mass is 716 g/mol. The molecule has 0 amide bonds. The first-order chi connectivity index (χ1) is 24.6. The molecule has 0 fully saturated rings. The molecule has 6 aromatic carbocycles. The molecule has 0 radical (unpaired) electrons. The van der Waals surface area contributed by atoms with Crippen LogP contribution < -0.4 is 9.47 Å². The van der Waals surface area contributed by atoms with E-state index >= 15 is 0 Å². The maximum Gasteiger partial charge on any atom is 0.119 e. The molecule has 50 heavy (non-hydrogen) atoms. The molecule has 10 aromatic rings. The van der Waals surface area contributed by atoms with Crippen LogP contribution in [0.15, 0.2) is 133 Å². The van der Waals surface area contributed by atoms with Gasteiger partial charge in [0.05, 0.1) is 23.6 Å². The molecule has 0 spiro atoms. The number of hydrogen-bond donors (Lipinski definition) is 0. The maximum atomic E-state index is 5.42. The SMILES string of the molecule is COc1ccc2sc(-c3ccc(-c4ccc5c(c4)sc4c6ccc(-c7ccc(-c8cc9cc(OC)ccc9s8)cc7)cc6sc54)cc3)cc2c1. The van der Waals surface area contributed by atoms with Crippen molar-refractivity contribution in [2.45, 2.75) is 0 Å². The molecular formula is C44H28O2S4. The van der Waals surface area contributed by atoms with Crippen LogP contribution in [0.1, 0.15) is 0 Å². The number of hydrogen-bond acceptors (Lipinski definition) is 6. The summed E-state index contributed by atoms with van der Waals surface area (Å²) in [7, 11) is 3.43. The van der Waals surface area contributed by atoms with Crippen LogP contribution in [-0.4, -0.2) is 14.2 Å². The van der Waals surface area contributed by atoms with Gasteiger partial charge in [-0.05, 0) is 105 Å². The topological polar surface area (TPSA) is 18.5 Å². The zero-order valence-corrected chi connectivity index (χ0v) is 30.4. The predicted octanol–water partition coefficient (Wildman–Crippen LogP) is 14.4. The Hall–Kier alpha value is -4.98. The Balaban J connectivity index is 0.922. The Bertz CT molecular complexity index is 2680. The van der Waals surface area contributed by atoms with E-state index in [1.54, 1.807) is 14.2 Å². The van der Waals surface area contributed by atoms with Gasteiger partial charge in [-0.25, -0.2) is 0 Å². The summed E-state index contributed by atoms with van der Waals surface area (Å²) in [6, 6.07) is 49.0. The average molecular weight is 717 g/mol. The van der Waals surface area contributed by atoms with Crippen molar-refractivity contribution in [3.8, 4) is 54.6 Å². The summed E-state index contributed by atoms with van der Waals surface area (Å²) < 4.78 is 18.8. The number of methoxy groups -OCH3 is 2. The largest absolute Gasteiger partial charge is 0.497 e. The van der Waals surface area contributed by atoms with E-state index in [0.717, 1.165) is 11.5 Å². The highest BCUT2D eigenvalue weighted by molar-refractivity contribution is 7.36. The van der Waals surface area contributed by atoms with Crippen LogP contribution in [-0.2, 0) is 0 Å². The quantitative estimate of drug-likeness (QED) is 0.171. The van der Waals surface area contributed by atoms with E-state index < -0.39 is 0 Å². The lowest BCUT2D eigenvalue weighted by molar-refractivity contribution is 0.415. The molecule has 10 rings (SSSR count). The minimum Gasteiger partial charge on any atom is -0.497 e. The van der Waals surface area contributed by atoms with E-state index in [1.807, 2.05) is 57.5 Å². The molecule has 0 N–H and O–H groups in total. The first-order valence-corrected chi connectivity index (χ1v) is 19.6. The van der Waals surface area contributed by atoms with Crippen LogP contribution in [0.5, 0.6) is 11.5 Å². The van der Waals surface area contributed by atoms with Crippen molar-refractivity contribution in [1.82, 2.24) is 0 Å². The molecule has 0 aliphatic carbocycles. The van der Waals surface area contributed by atoms with Gasteiger partial charge in [-0.2, -0.15) is 0 Å². The van der Waals surface area contributed by atoms with Gasteiger partial charge in [0.2, 0.25) is 0 Å². The lowest BCUT2D eigenvalue weighted by Gasteiger charge is -2.04. The Morgan fingerprint density at radius 3 is 1.16 bits per heavy atom. The van der Waals surface area contributed by atoms with Gasteiger partial charge in [-0.15, -0.1) is 45.3 Å². The standard InChI is InChI=1S/C44H28O2S4/c1-45-33-13-17-37-31(19-33)23-39(47-37)27-7-3-25(4-8-27)29-11-15-35-41(21-29)49-44-36-16-12-30(22-42(36)50-43(35)44)26-5-9-28(10-6-26)40-24-32-20-34(46-2)14-18-38(32)48-40/h3-24H,1-2H3. The van der Waals surface area contributed by atoms with E-state index in [0.29, 0.717) is 0 Å². The first kappa shape index (κ1) is 29.9. The highest BCUT2D eigenvalue weighted by Gasteiger charge is 2.15. The minimum absolute atomic E-state index is 0.895. The van der Waals surface area contributed by atoms with Crippen molar-refractivity contribution in [1.29, 1.82) is 0 Å². The van der Waals surface area contributed by atoms with Gasteiger partial charge in [0.1, 0.15) is 11.5 Å². The third-order valence-electron chi connectivity index (χ3n) is 9.54. The Morgan fingerprint density at radius 1 is 0.340 bits per heavy atom. The fourth-order valence-corrected chi connectivity index (χ4v) is 11.7. The number of rotatable bonds is 6. The Morgan fingerprint density at radius 2 is 0.740 bits per heavy atom. The fourth-order valence-electron chi connectivity index (χ4n) is 6.85. The summed E-state index contributed by atoms with van der Waals surface area (Å²) in [5.74, 6) is 1.79. The van der Waals surface area contributed by atoms with E-state index in [1.165, 1.54) is 92.9 Å². The second kappa shape index (κ2) is 11.8. The molecule has 0 saturated carbocycles. The molecule has 0 saturated heterocycles. The normalized spacial score (nSPS) is 11.8. The summed E-state index contributed by atoms with van der Waals surface area (Å²) in [5.41, 5.74) is 7.47. The van der Waals surface area contributed by atoms with Gasteiger partial charge in [0.15, 0.2) is 0 Å². The summed E-state index contributed by atoms with van der Waals surface area (Å²) in [5, 5.41) is 5.14. The lowest BCUT2D eigenvalue weighted by atomic mass is 10.0. The van der Waals surface area contributed by atoms with Gasteiger partial charge in [0, 0.05) is 39.3 Å². The van der Waals surface area contributed by atoms with Gasteiger partial charge < -0.3 is 9.47 Å². The van der Waals surface area contributed by atoms with E-state index in [9.17, 15) is 0 Å². The number of benzene rings is 6. The van der Waals surface area contributed by atoms with Crippen molar-refractivity contribution in [2.75, 3.05) is 14.2 Å². The van der Waals surface area contributed by atoms with Crippen molar-refractivity contribution < 1.29 is 9.47 Å². The van der Waals surface area contributed by atoms with Crippen LogP contribution in [0.4, 0.5) is 0 Å². The summed E-state index contributed by atoms with van der Waals surface area (Å²) in [4.78, 5) is 2.55. The first-order valence-electron chi connectivity index (χ1n) is 16.4. The zero-order valence-electron chi connectivity index (χ0n) is 27.2. The maximum absolute atomic E-state index is 5.42. The molecule has 4 aromatic heterocycles. The van der Waals surface area contributed by atoms with Gasteiger partial charge >= 0.3 is 0 Å². The third-order valence-corrected chi connectivity index (χ3v) is 14.4. The van der Waals surface area contributed by atoms with Crippen LogP contribution in [0.25, 0.3) is 92.9 Å². The molecule has 6 heteroatoms. The molecule has 2 nitrogen and oxygen atoms in total. The molecule has 0 aliphatic rings. The number of fused-ring (bicyclic) bond motifs is 7. The number of thiophene rings is 4. The second-order valence-electron chi connectivity index (χ2n) is 12.5. The van der Waals surface area contributed by atoms with Gasteiger partial charge in [0.25, 0.3) is 0 Å². The van der Waals surface area contributed by atoms with E-state index in [2.05, 4.69) is 121 Å². The van der Waals surface area contributed by atoms with Crippen LogP contribution in [0.3, 0.4) is 0 Å². The zero-order chi connectivity index (χ0) is 33.3. The summed E-state index contributed by atoms with van der Waals surface area (Å²) in [6.07, 6.45) is 0. The molecule has 4 heterocycles. The molecular weight excluding hydrogens is 689 g/mol. The number of ether oxygens (including phenoxy) is 2. The molecule has 0 bridgehead atoms. The van der Waals surface area contributed by atoms with Crippen molar-refractivity contribution in [2.24, 2.45) is 0 Å². The molecule has 0 atom stereocenters. The van der Waals surface area contributed by atoms with Crippen molar-refractivity contribution >= 4 is 95.1 Å². The Kier molecular flexibility index (Phi) is 7.07. The smallest absolute Gasteiger partial charge is 0.119 e. The summed E-state index contributed by atoms with van der Waals surface area (Å²) >= 11 is 7.47. The highest BCUT2D eigenvalue weighted by atomic mass is 32.1. The molecule has 0 aliphatic heterocycles. The average Bonchev–Trinajstić information content (AvgIpc) is 3.95. The Labute approximate surface area is 305 Å². The highest BCUT2D eigenvalue weighted by Crippen LogP contribution is 2.46. The molecule has 240 valence electrons. The third kappa shape index (κ3) is 5.02. The van der Waals surface area contributed by atoms with E-state index in [4.69, 9.17) is 9.47 Å². The fraction of sp³-hybridized carbons (Fsp3) is 0.0455. The van der Waals surface area contributed by atoms with Crippen molar-refractivity contribution in [3.63, 3.8) is 0 Å². The minimum atomic E-state index is 0.895. The van der Waals surface area contributed by atoms with Crippen LogP contribution in [0.2, 0.25) is 0 Å². The summed E-state index contributed by atoms with van der Waals surface area (Å²) in [6.45, 7) is 0. The van der Waals surface area contributed by atoms with Gasteiger partial charge in [-0.3, -0.25) is 0 Å². The van der Waals surface area contributed by atoms with Crippen LogP contribution >= 0.6 is 45.3 Å². The van der Waals surface area contributed by atoms with Crippen LogP contribution in [0, 0.1) is 0 Å².